The van der Waals surface area contributed by atoms with Crippen LogP contribution in [0.1, 0.15) is 18.4 Å². The first-order chi connectivity index (χ1) is 5.77. The van der Waals surface area contributed by atoms with Gasteiger partial charge in [-0.05, 0) is 30.5 Å². The topological polar surface area (TPSA) is 0 Å². The molecule has 2 rings (SSSR count). The van der Waals surface area contributed by atoms with Crippen molar-refractivity contribution in [3.63, 3.8) is 0 Å². The standard InChI is InChI=1S/C11H9F/c1-2-11(6-7-11)9-4-3-5-10(12)8-9/h1,3-5,8H,6-7H2. The van der Waals surface area contributed by atoms with Gasteiger partial charge in [0.1, 0.15) is 5.82 Å². The third kappa shape index (κ3) is 1.00. The normalized spacial score (nSPS) is 18.3. The molecule has 0 aliphatic heterocycles. The summed E-state index contributed by atoms with van der Waals surface area (Å²) in [4.78, 5) is 0. The van der Waals surface area contributed by atoms with Crippen molar-refractivity contribution in [2.24, 2.45) is 0 Å². The third-order valence-electron chi connectivity index (χ3n) is 2.40. The highest BCUT2D eigenvalue weighted by molar-refractivity contribution is 5.40. The molecule has 0 saturated heterocycles. The number of terminal acetylenes is 1. The molecule has 1 saturated carbocycles. The molecule has 0 aromatic heterocycles. The largest absolute Gasteiger partial charge is 0.207 e. The fraction of sp³-hybridized carbons (Fsp3) is 0.273. The first-order valence-corrected chi connectivity index (χ1v) is 4.01. The predicted octanol–water partition coefficient (Wildman–Crippen LogP) is 2.49. The van der Waals surface area contributed by atoms with Crippen LogP contribution < -0.4 is 0 Å². The van der Waals surface area contributed by atoms with Crippen LogP contribution in [0.25, 0.3) is 0 Å². The molecule has 1 aliphatic carbocycles. The van der Waals surface area contributed by atoms with Crippen LogP contribution in [0.2, 0.25) is 0 Å². The molecule has 0 amide bonds. The van der Waals surface area contributed by atoms with Gasteiger partial charge in [0, 0.05) is 0 Å². The number of rotatable bonds is 1. The van der Waals surface area contributed by atoms with Gasteiger partial charge in [-0.2, -0.15) is 0 Å². The van der Waals surface area contributed by atoms with Gasteiger partial charge in [0.05, 0.1) is 5.41 Å². The zero-order valence-electron chi connectivity index (χ0n) is 6.68. The van der Waals surface area contributed by atoms with E-state index in [2.05, 4.69) is 5.92 Å². The van der Waals surface area contributed by atoms with Crippen LogP contribution in [0.3, 0.4) is 0 Å². The Labute approximate surface area is 71.4 Å². The maximum Gasteiger partial charge on any atom is 0.123 e. The summed E-state index contributed by atoms with van der Waals surface area (Å²) in [5.41, 5.74) is 0.812. The van der Waals surface area contributed by atoms with E-state index in [1.54, 1.807) is 6.07 Å². The molecule has 0 atom stereocenters. The van der Waals surface area contributed by atoms with E-state index in [1.165, 1.54) is 12.1 Å². The van der Waals surface area contributed by atoms with Crippen LogP contribution in [-0.2, 0) is 5.41 Å². The Morgan fingerprint density at radius 3 is 2.67 bits per heavy atom. The molecule has 1 aromatic rings. The summed E-state index contributed by atoms with van der Waals surface area (Å²) in [6, 6.07) is 6.58. The molecule has 1 fully saturated rings. The summed E-state index contributed by atoms with van der Waals surface area (Å²) < 4.78 is 12.8. The van der Waals surface area contributed by atoms with E-state index >= 15 is 0 Å². The van der Waals surface area contributed by atoms with Crippen molar-refractivity contribution in [1.29, 1.82) is 0 Å². The predicted molar refractivity (Wildman–Crippen MR) is 46.1 cm³/mol. The molecule has 12 heavy (non-hydrogen) atoms. The van der Waals surface area contributed by atoms with Crippen molar-refractivity contribution in [3.8, 4) is 12.3 Å². The Morgan fingerprint density at radius 1 is 1.42 bits per heavy atom. The summed E-state index contributed by atoms with van der Waals surface area (Å²) in [5, 5.41) is 0. The highest BCUT2D eigenvalue weighted by atomic mass is 19.1. The van der Waals surface area contributed by atoms with Gasteiger partial charge in [-0.25, -0.2) is 4.39 Å². The molecule has 1 heteroatoms. The Hall–Kier alpha value is -1.29. The quantitative estimate of drug-likeness (QED) is 0.554. The van der Waals surface area contributed by atoms with Crippen molar-refractivity contribution in [3.05, 3.63) is 35.6 Å². The van der Waals surface area contributed by atoms with Crippen molar-refractivity contribution in [2.75, 3.05) is 0 Å². The van der Waals surface area contributed by atoms with Crippen molar-refractivity contribution in [2.45, 2.75) is 18.3 Å². The Balaban J connectivity index is 2.42. The summed E-state index contributed by atoms with van der Waals surface area (Å²) in [6.45, 7) is 0. The zero-order valence-corrected chi connectivity index (χ0v) is 6.68. The van der Waals surface area contributed by atoms with Crippen molar-refractivity contribution in [1.82, 2.24) is 0 Å². The second-order valence-electron chi connectivity index (χ2n) is 3.24. The molecule has 0 bridgehead atoms. The van der Waals surface area contributed by atoms with Gasteiger partial charge in [-0.15, -0.1) is 6.42 Å². The van der Waals surface area contributed by atoms with Crippen molar-refractivity contribution < 1.29 is 4.39 Å². The minimum absolute atomic E-state index is 0.137. The molecule has 1 aromatic carbocycles. The first kappa shape index (κ1) is 7.36. The first-order valence-electron chi connectivity index (χ1n) is 4.01. The highest BCUT2D eigenvalue weighted by Gasteiger charge is 2.42. The van der Waals surface area contributed by atoms with E-state index in [9.17, 15) is 4.39 Å². The number of halogens is 1. The van der Waals surface area contributed by atoms with Gasteiger partial charge in [-0.3, -0.25) is 0 Å². The van der Waals surface area contributed by atoms with E-state index in [4.69, 9.17) is 6.42 Å². The highest BCUT2D eigenvalue weighted by Crippen LogP contribution is 2.47. The lowest BCUT2D eigenvalue weighted by Gasteiger charge is -2.06. The third-order valence-corrected chi connectivity index (χ3v) is 2.40. The van der Waals surface area contributed by atoms with E-state index in [0.29, 0.717) is 0 Å². The minimum atomic E-state index is -0.200. The lowest BCUT2D eigenvalue weighted by atomic mass is 9.97. The lowest BCUT2D eigenvalue weighted by molar-refractivity contribution is 0.624. The van der Waals surface area contributed by atoms with Crippen LogP contribution in [0.15, 0.2) is 24.3 Å². The van der Waals surface area contributed by atoms with E-state index < -0.39 is 0 Å². The van der Waals surface area contributed by atoms with Gasteiger partial charge in [0.25, 0.3) is 0 Å². The summed E-state index contributed by atoms with van der Waals surface area (Å²) >= 11 is 0. The average molecular weight is 160 g/mol. The number of hydrogen-bond acceptors (Lipinski definition) is 0. The van der Waals surface area contributed by atoms with E-state index in [1.807, 2.05) is 6.07 Å². The minimum Gasteiger partial charge on any atom is -0.207 e. The van der Waals surface area contributed by atoms with Crippen LogP contribution >= 0.6 is 0 Å². The SMILES string of the molecule is C#CC1(c2cccc(F)c2)CC1. The van der Waals surface area contributed by atoms with Crippen LogP contribution in [-0.4, -0.2) is 0 Å². The lowest BCUT2D eigenvalue weighted by Crippen LogP contribution is -2.02. The fourth-order valence-electron chi connectivity index (χ4n) is 1.43. The Bertz CT molecular complexity index is 342. The number of benzene rings is 1. The number of hydrogen-bond donors (Lipinski definition) is 0. The molecule has 0 spiro atoms. The van der Waals surface area contributed by atoms with Gasteiger partial charge >= 0.3 is 0 Å². The molecular weight excluding hydrogens is 151 g/mol. The molecule has 0 unspecified atom stereocenters. The Kier molecular flexibility index (Phi) is 1.44. The smallest absolute Gasteiger partial charge is 0.123 e. The average Bonchev–Trinajstić information content (AvgIpc) is 2.84. The second-order valence-corrected chi connectivity index (χ2v) is 3.24. The van der Waals surface area contributed by atoms with Gasteiger partial charge in [0.2, 0.25) is 0 Å². The van der Waals surface area contributed by atoms with Crippen LogP contribution in [0.4, 0.5) is 4.39 Å². The molecule has 60 valence electrons. The summed E-state index contributed by atoms with van der Waals surface area (Å²) in [7, 11) is 0. The second kappa shape index (κ2) is 2.35. The fourth-order valence-corrected chi connectivity index (χ4v) is 1.43. The van der Waals surface area contributed by atoms with Gasteiger partial charge in [0.15, 0.2) is 0 Å². The molecule has 1 aliphatic rings. The monoisotopic (exact) mass is 160 g/mol. The molecule has 0 nitrogen and oxygen atoms in total. The van der Waals surface area contributed by atoms with E-state index in [0.717, 1.165) is 18.4 Å². The Morgan fingerprint density at radius 2 is 2.17 bits per heavy atom. The van der Waals surface area contributed by atoms with Crippen LogP contribution in [0, 0.1) is 18.2 Å². The summed E-state index contributed by atoms with van der Waals surface area (Å²) in [6.07, 6.45) is 7.36. The zero-order chi connectivity index (χ0) is 8.60. The van der Waals surface area contributed by atoms with E-state index in [-0.39, 0.29) is 11.2 Å². The molecular formula is C11H9F. The maximum absolute atomic E-state index is 12.8. The molecule has 0 radical (unpaired) electrons. The van der Waals surface area contributed by atoms with Crippen molar-refractivity contribution >= 4 is 0 Å². The van der Waals surface area contributed by atoms with Gasteiger partial charge < -0.3 is 0 Å². The maximum atomic E-state index is 12.8. The van der Waals surface area contributed by atoms with Gasteiger partial charge in [-0.1, -0.05) is 18.1 Å². The molecule has 0 heterocycles. The molecule has 0 N–H and O–H groups in total. The summed E-state index contributed by atoms with van der Waals surface area (Å²) in [5.74, 6) is 2.53. The van der Waals surface area contributed by atoms with Crippen LogP contribution in [0.5, 0.6) is 0 Å².